The summed E-state index contributed by atoms with van der Waals surface area (Å²) in [5.41, 5.74) is 1.38. The number of fused-ring (bicyclic) bond motifs is 1. The number of aliphatic hydroxyl groups excluding tert-OH is 1. The number of anilines is 2. The Balaban J connectivity index is 1.62. The summed E-state index contributed by atoms with van der Waals surface area (Å²) in [7, 11) is -0.625. The molecule has 0 bridgehead atoms. The van der Waals surface area contributed by atoms with Gasteiger partial charge in [0.25, 0.3) is 10.0 Å². The smallest absolute Gasteiger partial charge is 0.321 e. The van der Waals surface area contributed by atoms with Gasteiger partial charge in [0, 0.05) is 49.7 Å². The molecule has 1 aliphatic heterocycles. The first-order valence-electron chi connectivity index (χ1n) is 13.2. The Morgan fingerprint density at radius 1 is 1.22 bits per heavy atom. The molecule has 2 aromatic carbocycles. The molecule has 3 atom stereocenters. The lowest BCUT2D eigenvalue weighted by Crippen LogP contribution is -2.48. The highest BCUT2D eigenvalue weighted by atomic mass is 32.2. The lowest BCUT2D eigenvalue weighted by Gasteiger charge is -2.34. The number of carbonyl (C=O) groups is 2. The number of para-hydroxylation sites is 1. The number of benzene rings is 2. The van der Waals surface area contributed by atoms with Crippen LogP contribution in [0, 0.1) is 5.92 Å². The van der Waals surface area contributed by atoms with E-state index in [1.807, 2.05) is 25.1 Å². The highest BCUT2D eigenvalue weighted by Crippen LogP contribution is 2.30. The Bertz CT molecular complexity index is 1480. The van der Waals surface area contributed by atoms with Gasteiger partial charge in [-0.15, -0.1) is 0 Å². The molecule has 1 aromatic heterocycles. The van der Waals surface area contributed by atoms with Gasteiger partial charge in [0.1, 0.15) is 11.9 Å². The number of aliphatic hydroxyl groups is 1. The summed E-state index contributed by atoms with van der Waals surface area (Å²) in [4.78, 5) is 33.4. The van der Waals surface area contributed by atoms with Gasteiger partial charge in [0.2, 0.25) is 5.91 Å². The van der Waals surface area contributed by atoms with Crippen LogP contribution < -0.4 is 14.8 Å². The summed E-state index contributed by atoms with van der Waals surface area (Å²) in [5.74, 6) is -0.0385. The second-order valence-electron chi connectivity index (χ2n) is 10.4. The monoisotopic (exact) mass is 584 g/mol. The van der Waals surface area contributed by atoms with Crippen LogP contribution in [0.5, 0.6) is 5.75 Å². The van der Waals surface area contributed by atoms with Crippen molar-refractivity contribution in [1.29, 1.82) is 0 Å². The van der Waals surface area contributed by atoms with Gasteiger partial charge in [0.15, 0.2) is 5.03 Å². The van der Waals surface area contributed by atoms with Crippen LogP contribution in [0.4, 0.5) is 16.2 Å². The van der Waals surface area contributed by atoms with Crippen molar-refractivity contribution >= 4 is 33.3 Å². The van der Waals surface area contributed by atoms with Crippen molar-refractivity contribution in [2.45, 2.75) is 37.4 Å². The molecule has 1 aliphatic rings. The number of imidazole rings is 1. The zero-order valence-corrected chi connectivity index (χ0v) is 24.3. The first-order chi connectivity index (χ1) is 19.5. The molecule has 0 spiro atoms. The number of hydrogen-bond donors (Lipinski definition) is 3. The fourth-order valence-electron chi connectivity index (χ4n) is 4.54. The van der Waals surface area contributed by atoms with Crippen LogP contribution in [0.15, 0.2) is 66.1 Å². The van der Waals surface area contributed by atoms with Crippen LogP contribution in [0.25, 0.3) is 0 Å². The lowest BCUT2D eigenvalue weighted by atomic mass is 10.0. The van der Waals surface area contributed by atoms with E-state index >= 15 is 0 Å². The molecule has 0 unspecified atom stereocenters. The maximum absolute atomic E-state index is 13.4. The number of amides is 3. The van der Waals surface area contributed by atoms with E-state index in [4.69, 9.17) is 4.74 Å². The van der Waals surface area contributed by atoms with Gasteiger partial charge in [-0.3, -0.25) is 9.52 Å². The van der Waals surface area contributed by atoms with Crippen molar-refractivity contribution in [1.82, 2.24) is 19.4 Å². The Hall–Kier alpha value is -4.10. The molecule has 2 heterocycles. The van der Waals surface area contributed by atoms with Crippen LogP contribution in [0.2, 0.25) is 0 Å². The number of urea groups is 1. The van der Waals surface area contributed by atoms with Crippen LogP contribution in [-0.2, 0) is 28.3 Å². The van der Waals surface area contributed by atoms with Crippen LogP contribution in [0.3, 0.4) is 0 Å². The van der Waals surface area contributed by atoms with Gasteiger partial charge < -0.3 is 29.5 Å². The Kier molecular flexibility index (Phi) is 9.18. The maximum atomic E-state index is 13.4. The fraction of sp³-hybridized carbons (Fsp3) is 0.393. The van der Waals surface area contributed by atoms with E-state index in [0.717, 1.165) is 0 Å². The first kappa shape index (κ1) is 29.9. The highest BCUT2D eigenvalue weighted by Gasteiger charge is 2.32. The molecule has 3 aromatic rings. The third-order valence-electron chi connectivity index (χ3n) is 6.95. The van der Waals surface area contributed by atoms with Crippen molar-refractivity contribution < 1.29 is 27.9 Å². The third-order valence-corrected chi connectivity index (χ3v) is 8.22. The third kappa shape index (κ3) is 7.35. The van der Waals surface area contributed by atoms with Crippen molar-refractivity contribution in [3.05, 3.63) is 66.6 Å². The largest absolute Gasteiger partial charge is 0.488 e. The molecule has 0 saturated heterocycles. The number of aromatic nitrogens is 2. The molecule has 12 nitrogen and oxygen atoms in total. The molecule has 3 N–H and O–H groups in total. The Morgan fingerprint density at radius 2 is 1.95 bits per heavy atom. The van der Waals surface area contributed by atoms with Crippen molar-refractivity contribution in [3.63, 3.8) is 0 Å². The average Bonchev–Trinajstić information content (AvgIpc) is 3.40. The number of ether oxygens (including phenoxy) is 1. The SMILES string of the molecule is C[C@@H]1CN([C@H](C)CO)C(=O)Cc2cc(NS(=O)(=O)c3cn(C)cn3)ccc2O[C@@H]1CN(C)C(=O)Nc1ccccc1. The van der Waals surface area contributed by atoms with Crippen LogP contribution >= 0.6 is 0 Å². The van der Waals surface area contributed by atoms with E-state index in [2.05, 4.69) is 15.0 Å². The molecule has 0 radical (unpaired) electrons. The zero-order valence-electron chi connectivity index (χ0n) is 23.5. The number of sulfonamides is 1. The topological polar surface area (TPSA) is 146 Å². The Morgan fingerprint density at radius 3 is 2.61 bits per heavy atom. The number of rotatable bonds is 8. The summed E-state index contributed by atoms with van der Waals surface area (Å²) in [6, 6.07) is 13.1. The number of likely N-dealkylation sites (N-methyl/N-ethyl adjacent to an activating group) is 1. The summed E-state index contributed by atoms with van der Waals surface area (Å²) < 4.78 is 36.2. The second-order valence-corrected chi connectivity index (χ2v) is 12.0. The second kappa shape index (κ2) is 12.6. The zero-order chi connectivity index (χ0) is 29.7. The van der Waals surface area contributed by atoms with Crippen molar-refractivity contribution in [2.75, 3.05) is 36.8 Å². The standard InChI is InChI=1S/C28H36N6O6S/c1-19-14-34(20(2)17-35)27(36)13-21-12-23(31-41(38,39)26-16-32(3)18-29-26)10-11-24(21)40-25(19)15-33(4)28(37)30-22-8-6-5-7-9-22/h5-12,16,18-20,25,31,35H,13-15,17H2,1-4H3,(H,30,37)/t19-,20-,25-/m1/s1. The Labute approximate surface area is 240 Å². The summed E-state index contributed by atoms with van der Waals surface area (Å²) in [5, 5.41) is 12.6. The fourth-order valence-corrected chi connectivity index (χ4v) is 5.57. The van der Waals surface area contributed by atoms with E-state index in [-0.39, 0.29) is 48.1 Å². The van der Waals surface area contributed by atoms with Gasteiger partial charge in [-0.25, -0.2) is 9.78 Å². The first-order valence-corrected chi connectivity index (χ1v) is 14.7. The summed E-state index contributed by atoms with van der Waals surface area (Å²) in [6.45, 7) is 3.98. The molecular weight excluding hydrogens is 548 g/mol. The minimum atomic E-state index is -3.96. The molecule has 0 fully saturated rings. The van der Waals surface area contributed by atoms with E-state index in [1.54, 1.807) is 56.3 Å². The van der Waals surface area contributed by atoms with E-state index in [9.17, 15) is 23.1 Å². The molecular formula is C28H36N6O6S. The van der Waals surface area contributed by atoms with Crippen molar-refractivity contribution in [2.24, 2.45) is 13.0 Å². The number of aryl methyl sites for hydroxylation is 1. The molecule has 0 aliphatic carbocycles. The van der Waals surface area contributed by atoms with E-state index in [0.29, 0.717) is 23.5 Å². The van der Waals surface area contributed by atoms with Crippen molar-refractivity contribution in [3.8, 4) is 5.75 Å². The van der Waals surface area contributed by atoms with Gasteiger partial charge in [0.05, 0.1) is 31.9 Å². The predicted octanol–water partition coefficient (Wildman–Crippen LogP) is 2.53. The van der Waals surface area contributed by atoms with Crippen LogP contribution in [-0.4, -0.2) is 83.7 Å². The number of nitrogens with zero attached hydrogens (tertiary/aromatic N) is 4. The minimum absolute atomic E-state index is 0.0669. The molecule has 220 valence electrons. The molecule has 0 saturated carbocycles. The molecule has 13 heteroatoms. The van der Waals surface area contributed by atoms with Crippen LogP contribution in [0.1, 0.15) is 19.4 Å². The highest BCUT2D eigenvalue weighted by molar-refractivity contribution is 7.92. The van der Waals surface area contributed by atoms with Gasteiger partial charge >= 0.3 is 6.03 Å². The van der Waals surface area contributed by atoms with E-state index < -0.39 is 22.2 Å². The van der Waals surface area contributed by atoms with Gasteiger partial charge in [-0.2, -0.15) is 8.42 Å². The summed E-state index contributed by atoms with van der Waals surface area (Å²) in [6.07, 6.45) is 2.19. The van der Waals surface area contributed by atoms with Gasteiger partial charge in [-0.05, 0) is 37.3 Å². The summed E-state index contributed by atoms with van der Waals surface area (Å²) >= 11 is 0. The normalized spacial score (nSPS) is 18.3. The quantitative estimate of drug-likeness (QED) is 0.369. The maximum Gasteiger partial charge on any atom is 0.321 e. The van der Waals surface area contributed by atoms with Gasteiger partial charge in [-0.1, -0.05) is 25.1 Å². The average molecular weight is 585 g/mol. The van der Waals surface area contributed by atoms with E-state index in [1.165, 1.54) is 22.0 Å². The molecule has 4 rings (SSSR count). The number of nitrogens with one attached hydrogen (secondary N) is 2. The lowest BCUT2D eigenvalue weighted by molar-refractivity contribution is -0.134. The molecule has 41 heavy (non-hydrogen) atoms. The minimum Gasteiger partial charge on any atom is -0.488 e. The number of hydrogen-bond acceptors (Lipinski definition) is 7. The predicted molar refractivity (Wildman–Crippen MR) is 154 cm³/mol. The molecule has 3 amide bonds. The number of carbonyl (C=O) groups excluding carboxylic acids is 2.